The Morgan fingerprint density at radius 2 is 2.12 bits per heavy atom. The molecule has 0 bridgehead atoms. The van der Waals surface area contributed by atoms with Gasteiger partial charge in [0.1, 0.15) is 42.8 Å². The number of aromatic nitrogens is 3. The summed E-state index contributed by atoms with van der Waals surface area (Å²) >= 11 is 0. The van der Waals surface area contributed by atoms with E-state index >= 15 is 0 Å². The molecule has 12 nitrogen and oxygen atoms in total. The minimum absolute atomic E-state index is 0.0486. The third-order valence-electron chi connectivity index (χ3n) is 5.64. The SMILES string of the molecule is CCCCCCC(=O)OC[C@H]1O[C@](C#N)(c2cc(C(=O)OC)c3c(N)ncnn23)[C@H](O)[C@@H]1O. The number of nitrogens with zero attached hydrogens (tertiary/aromatic N) is 4. The fraction of sp³-hybridized carbons (Fsp3) is 0.571. The van der Waals surface area contributed by atoms with E-state index in [1.807, 2.05) is 6.07 Å². The van der Waals surface area contributed by atoms with Crippen molar-refractivity contribution >= 4 is 23.3 Å². The molecule has 0 saturated carbocycles. The smallest absolute Gasteiger partial charge is 0.340 e. The predicted molar refractivity (Wildman–Crippen MR) is 113 cm³/mol. The number of nitriles is 1. The molecule has 1 saturated heterocycles. The lowest BCUT2D eigenvalue weighted by molar-refractivity contribution is -0.150. The molecule has 0 amide bonds. The maximum atomic E-state index is 12.3. The van der Waals surface area contributed by atoms with E-state index in [1.54, 1.807) is 0 Å². The first kappa shape index (κ1) is 24.4. The number of anilines is 1. The van der Waals surface area contributed by atoms with Crippen molar-refractivity contribution in [2.75, 3.05) is 19.5 Å². The molecule has 1 fully saturated rings. The molecule has 0 spiro atoms. The molecule has 0 radical (unpaired) electrons. The third kappa shape index (κ3) is 4.47. The molecule has 0 aliphatic carbocycles. The first-order valence-corrected chi connectivity index (χ1v) is 10.6. The number of hydrogen-bond acceptors (Lipinski definition) is 11. The number of rotatable bonds is 9. The van der Waals surface area contributed by atoms with Crippen molar-refractivity contribution in [1.82, 2.24) is 14.6 Å². The van der Waals surface area contributed by atoms with Gasteiger partial charge in [0.15, 0.2) is 5.82 Å². The predicted octanol–water partition coefficient (Wildman–Crippen LogP) is 0.451. The zero-order valence-electron chi connectivity index (χ0n) is 18.4. The van der Waals surface area contributed by atoms with E-state index in [0.717, 1.165) is 30.1 Å². The van der Waals surface area contributed by atoms with Gasteiger partial charge in [0.2, 0.25) is 5.60 Å². The summed E-state index contributed by atoms with van der Waals surface area (Å²) in [5.74, 6) is -1.30. The first-order chi connectivity index (χ1) is 15.8. The number of esters is 2. The van der Waals surface area contributed by atoms with Gasteiger partial charge in [-0.3, -0.25) is 4.79 Å². The van der Waals surface area contributed by atoms with E-state index in [4.69, 9.17) is 19.9 Å². The van der Waals surface area contributed by atoms with Crippen LogP contribution in [0.2, 0.25) is 0 Å². The number of nitrogens with two attached hydrogens (primary N) is 1. The molecule has 4 N–H and O–H groups in total. The number of unbranched alkanes of at least 4 members (excludes halogenated alkanes) is 3. The van der Waals surface area contributed by atoms with E-state index in [9.17, 15) is 25.1 Å². The third-order valence-corrected chi connectivity index (χ3v) is 5.64. The van der Waals surface area contributed by atoms with Crippen LogP contribution in [0.4, 0.5) is 5.82 Å². The molecular formula is C21H27N5O7. The largest absolute Gasteiger partial charge is 0.465 e. The average molecular weight is 461 g/mol. The Hall–Kier alpha value is -3.27. The van der Waals surface area contributed by atoms with Crippen LogP contribution in [-0.2, 0) is 24.6 Å². The van der Waals surface area contributed by atoms with Crippen molar-refractivity contribution in [3.8, 4) is 6.07 Å². The summed E-state index contributed by atoms with van der Waals surface area (Å²) in [7, 11) is 1.17. The van der Waals surface area contributed by atoms with Gasteiger partial charge in [-0.25, -0.2) is 14.3 Å². The van der Waals surface area contributed by atoms with Gasteiger partial charge in [-0.15, -0.1) is 0 Å². The Labute approximate surface area is 189 Å². The highest BCUT2D eigenvalue weighted by molar-refractivity contribution is 6.00. The van der Waals surface area contributed by atoms with E-state index < -0.39 is 35.9 Å². The van der Waals surface area contributed by atoms with Gasteiger partial charge in [0.05, 0.1) is 18.4 Å². The quantitative estimate of drug-likeness (QED) is 0.348. The molecule has 0 unspecified atom stereocenters. The number of aliphatic hydroxyl groups excluding tert-OH is 2. The summed E-state index contributed by atoms with van der Waals surface area (Å²) in [5.41, 5.74) is 3.72. The zero-order chi connectivity index (χ0) is 24.2. The average Bonchev–Trinajstić information content (AvgIpc) is 3.32. The Morgan fingerprint density at radius 1 is 1.36 bits per heavy atom. The molecule has 2 aromatic rings. The highest BCUT2D eigenvalue weighted by Gasteiger charge is 2.58. The molecule has 33 heavy (non-hydrogen) atoms. The summed E-state index contributed by atoms with van der Waals surface area (Å²) in [6.45, 7) is 1.70. The van der Waals surface area contributed by atoms with E-state index in [-0.39, 0.29) is 35.6 Å². The maximum Gasteiger partial charge on any atom is 0.340 e. The minimum Gasteiger partial charge on any atom is -0.465 e. The van der Waals surface area contributed by atoms with Crippen LogP contribution < -0.4 is 5.73 Å². The maximum absolute atomic E-state index is 12.3. The van der Waals surface area contributed by atoms with Gasteiger partial charge >= 0.3 is 11.9 Å². The fourth-order valence-corrected chi connectivity index (χ4v) is 3.86. The lowest BCUT2D eigenvalue weighted by Gasteiger charge is -2.24. The van der Waals surface area contributed by atoms with Gasteiger partial charge in [0.25, 0.3) is 0 Å². The summed E-state index contributed by atoms with van der Waals surface area (Å²) in [5, 5.41) is 35.4. The van der Waals surface area contributed by atoms with Crippen molar-refractivity contribution in [1.29, 1.82) is 5.26 Å². The van der Waals surface area contributed by atoms with Gasteiger partial charge in [0, 0.05) is 6.42 Å². The number of carbonyl (C=O) groups is 2. The van der Waals surface area contributed by atoms with Crippen LogP contribution in [-0.4, -0.2) is 68.8 Å². The summed E-state index contributed by atoms with van der Waals surface area (Å²) < 4.78 is 16.9. The number of methoxy groups -OCH3 is 1. The highest BCUT2D eigenvalue weighted by atomic mass is 16.6. The molecule has 4 atom stereocenters. The molecule has 178 valence electrons. The second-order valence-corrected chi connectivity index (χ2v) is 7.77. The Balaban J connectivity index is 1.88. The molecule has 3 heterocycles. The number of hydrogen-bond donors (Lipinski definition) is 3. The van der Waals surface area contributed by atoms with Crippen LogP contribution in [0.1, 0.15) is 55.1 Å². The Kier molecular flexibility index (Phi) is 7.47. The molecular weight excluding hydrogens is 434 g/mol. The zero-order valence-corrected chi connectivity index (χ0v) is 18.4. The topological polar surface area (TPSA) is 182 Å². The van der Waals surface area contributed by atoms with Crippen molar-refractivity contribution in [2.45, 2.75) is 62.9 Å². The normalized spacial score (nSPS) is 24.5. The molecule has 1 aliphatic heterocycles. The lowest BCUT2D eigenvalue weighted by Crippen LogP contribution is -2.41. The van der Waals surface area contributed by atoms with Gasteiger partial charge in [-0.05, 0) is 12.5 Å². The van der Waals surface area contributed by atoms with Gasteiger partial charge < -0.3 is 30.2 Å². The van der Waals surface area contributed by atoms with Crippen molar-refractivity contribution in [2.24, 2.45) is 0 Å². The van der Waals surface area contributed by atoms with Gasteiger partial charge in [-0.1, -0.05) is 26.2 Å². The van der Waals surface area contributed by atoms with Crippen LogP contribution >= 0.6 is 0 Å². The number of carbonyl (C=O) groups excluding carboxylic acids is 2. The highest BCUT2D eigenvalue weighted by Crippen LogP contribution is 2.41. The van der Waals surface area contributed by atoms with Crippen LogP contribution in [0.25, 0.3) is 5.52 Å². The number of nitrogen functional groups attached to an aromatic ring is 1. The molecule has 12 heteroatoms. The van der Waals surface area contributed by atoms with Crippen LogP contribution in [0.15, 0.2) is 12.4 Å². The van der Waals surface area contributed by atoms with Crippen LogP contribution in [0, 0.1) is 11.3 Å². The first-order valence-electron chi connectivity index (χ1n) is 10.6. The van der Waals surface area contributed by atoms with E-state index in [1.165, 1.54) is 13.2 Å². The standard InChI is InChI=1S/C21H27N5O7/c1-3-4-5-6-7-15(27)32-9-13-17(28)18(29)21(10-22,33-13)14-8-12(20(30)31-2)16-19(23)24-11-25-26(14)16/h8,11,13,17-18,28-29H,3-7,9H2,1-2H3,(H2,23,24,25)/t13-,17-,18-,21-/m1/s1. The minimum atomic E-state index is -2.13. The molecule has 2 aromatic heterocycles. The summed E-state index contributed by atoms with van der Waals surface area (Å²) in [6.07, 6.45) is 0.475. The molecule has 1 aliphatic rings. The Bertz CT molecular complexity index is 1070. The second-order valence-electron chi connectivity index (χ2n) is 7.77. The van der Waals surface area contributed by atoms with Crippen molar-refractivity contribution < 1.29 is 34.0 Å². The monoisotopic (exact) mass is 461 g/mol. The van der Waals surface area contributed by atoms with E-state index in [2.05, 4.69) is 17.0 Å². The lowest BCUT2D eigenvalue weighted by atomic mass is 9.92. The second kappa shape index (κ2) is 10.1. The number of fused-ring (bicyclic) bond motifs is 1. The van der Waals surface area contributed by atoms with E-state index in [0.29, 0.717) is 6.42 Å². The van der Waals surface area contributed by atoms with Crippen LogP contribution in [0.5, 0.6) is 0 Å². The van der Waals surface area contributed by atoms with Crippen molar-refractivity contribution in [3.63, 3.8) is 0 Å². The summed E-state index contributed by atoms with van der Waals surface area (Å²) in [6, 6.07) is 3.12. The van der Waals surface area contributed by atoms with Crippen molar-refractivity contribution in [3.05, 3.63) is 23.7 Å². The molecule has 3 rings (SSSR count). The Morgan fingerprint density at radius 3 is 2.79 bits per heavy atom. The molecule has 0 aromatic carbocycles. The summed E-state index contributed by atoms with van der Waals surface area (Å²) in [4.78, 5) is 28.1. The van der Waals surface area contributed by atoms with Crippen LogP contribution in [0.3, 0.4) is 0 Å². The number of aliphatic hydroxyl groups is 2. The fourth-order valence-electron chi connectivity index (χ4n) is 3.86. The number of ether oxygens (including phenoxy) is 3. The van der Waals surface area contributed by atoms with Gasteiger partial charge in [-0.2, -0.15) is 10.4 Å².